The van der Waals surface area contributed by atoms with Crippen LogP contribution in [0.5, 0.6) is 17.2 Å². The van der Waals surface area contributed by atoms with Gasteiger partial charge in [-0.05, 0) is 52.8 Å². The van der Waals surface area contributed by atoms with E-state index in [0.717, 1.165) is 41.4 Å². The third kappa shape index (κ3) is 13.7. The molecular weight excluding hydrogens is 840 g/mol. The fourth-order valence-electron chi connectivity index (χ4n) is 7.88. The zero-order valence-corrected chi connectivity index (χ0v) is 38.0. The lowest BCUT2D eigenvalue weighted by atomic mass is 9.86. The van der Waals surface area contributed by atoms with Crippen LogP contribution < -0.4 is 24.8 Å². The highest BCUT2D eigenvalue weighted by Crippen LogP contribution is 2.44. The first-order valence-electron chi connectivity index (χ1n) is 21.2. The van der Waals surface area contributed by atoms with Gasteiger partial charge >= 0.3 is 18.2 Å². The van der Waals surface area contributed by atoms with Crippen molar-refractivity contribution >= 4 is 23.9 Å². The first kappa shape index (κ1) is 51.1. The van der Waals surface area contributed by atoms with E-state index in [-0.39, 0.29) is 60.7 Å². The smallest absolute Gasteiger partial charge is 0.407 e. The standard InChI is InChI=1S/C47H62F3N3O11/c1-28(2)22-36(51-42(56)41(46(3,4)5)52-45(58)64-27-35-32-18-12-10-16-30(32)31-17-11-13-19-33(31)35)43(57)53(37(25-47(48,49)50)44(61-8)62-9)26-34-38(59-6)23-29(24-39(34)60-7)63-21-15-14-20-40(54)55/h10-13,16-19,23-24,28,35-37,41,44H,14-15,20-22,25-27H2,1-9H3,(H,51,56)(H,52,58)(H,54,55)/t36-,37?,41+/m0/s1. The number of hydrogen-bond donors (Lipinski definition) is 3. The van der Waals surface area contributed by atoms with Crippen molar-refractivity contribution in [1.29, 1.82) is 0 Å². The minimum atomic E-state index is -4.81. The van der Waals surface area contributed by atoms with Gasteiger partial charge in [0.25, 0.3) is 0 Å². The SMILES string of the molecule is COc1cc(OCCCCC(=O)O)cc(OC)c1CN(C(=O)[C@H](CC(C)C)NC(=O)[C@@H](NC(=O)OCC1c2ccccc2-c2ccccc21)C(C)(C)C)C(CC(F)(F)F)C(OC)OC. The lowest BCUT2D eigenvalue weighted by Crippen LogP contribution is -2.60. The first-order valence-corrected chi connectivity index (χ1v) is 21.2. The van der Waals surface area contributed by atoms with Crippen molar-refractivity contribution < 1.29 is 65.9 Å². The van der Waals surface area contributed by atoms with E-state index in [2.05, 4.69) is 10.6 Å². The Labute approximate surface area is 373 Å². The van der Waals surface area contributed by atoms with Crippen molar-refractivity contribution in [3.63, 3.8) is 0 Å². The number of nitrogens with one attached hydrogen (secondary N) is 2. The molecule has 0 bridgehead atoms. The van der Waals surface area contributed by atoms with E-state index >= 15 is 4.79 Å². The molecule has 3 aromatic carbocycles. The number of carboxylic acids is 1. The van der Waals surface area contributed by atoms with E-state index in [1.165, 1.54) is 26.4 Å². The van der Waals surface area contributed by atoms with Gasteiger partial charge in [0, 0.05) is 38.7 Å². The van der Waals surface area contributed by atoms with Crippen LogP contribution in [0.4, 0.5) is 18.0 Å². The molecule has 0 saturated carbocycles. The molecule has 0 spiro atoms. The molecule has 1 aliphatic carbocycles. The van der Waals surface area contributed by atoms with Crippen LogP contribution in [0.15, 0.2) is 60.7 Å². The highest BCUT2D eigenvalue weighted by Gasteiger charge is 2.44. The number of unbranched alkanes of at least 4 members (excludes halogenated alkanes) is 1. The molecule has 17 heteroatoms. The van der Waals surface area contributed by atoms with Crippen molar-refractivity contribution in [2.75, 3.05) is 41.7 Å². The summed E-state index contributed by atoms with van der Waals surface area (Å²) < 4.78 is 77.1. The fraction of sp³-hybridized carbons (Fsp3) is 0.532. The van der Waals surface area contributed by atoms with Crippen LogP contribution in [-0.2, 0) is 35.1 Å². The summed E-state index contributed by atoms with van der Waals surface area (Å²) in [4.78, 5) is 54.8. The number of halogens is 3. The molecule has 0 radical (unpaired) electrons. The van der Waals surface area contributed by atoms with Crippen molar-refractivity contribution in [2.24, 2.45) is 11.3 Å². The van der Waals surface area contributed by atoms with E-state index in [1.807, 2.05) is 48.5 Å². The van der Waals surface area contributed by atoms with Crippen LogP contribution in [0.25, 0.3) is 11.1 Å². The van der Waals surface area contributed by atoms with Crippen molar-refractivity contribution in [1.82, 2.24) is 15.5 Å². The van der Waals surface area contributed by atoms with Gasteiger partial charge in [0.2, 0.25) is 11.8 Å². The van der Waals surface area contributed by atoms with Crippen LogP contribution in [0.2, 0.25) is 0 Å². The van der Waals surface area contributed by atoms with Gasteiger partial charge in [-0.2, -0.15) is 13.2 Å². The predicted molar refractivity (Wildman–Crippen MR) is 232 cm³/mol. The summed E-state index contributed by atoms with van der Waals surface area (Å²) >= 11 is 0. The largest absolute Gasteiger partial charge is 0.496 e. The topological polar surface area (TPSA) is 171 Å². The normalized spacial score (nSPS) is 14.0. The molecule has 0 heterocycles. The summed E-state index contributed by atoms with van der Waals surface area (Å²) in [6.45, 7) is 8.35. The van der Waals surface area contributed by atoms with Crippen molar-refractivity contribution in [3.05, 3.63) is 77.4 Å². The Morgan fingerprint density at radius 3 is 1.88 bits per heavy atom. The molecule has 0 fully saturated rings. The summed E-state index contributed by atoms with van der Waals surface area (Å²) in [5.41, 5.74) is 3.32. The van der Waals surface area contributed by atoms with E-state index in [9.17, 15) is 27.6 Å². The maximum Gasteiger partial charge on any atom is 0.407 e. The minimum absolute atomic E-state index is 0.00479. The zero-order chi connectivity index (χ0) is 47.4. The Bertz CT molecular complexity index is 1980. The Morgan fingerprint density at radius 2 is 1.39 bits per heavy atom. The summed E-state index contributed by atoms with van der Waals surface area (Å²) in [5, 5.41) is 14.4. The van der Waals surface area contributed by atoms with Crippen LogP contribution in [-0.4, -0.2) is 106 Å². The summed E-state index contributed by atoms with van der Waals surface area (Å²) in [7, 11) is 4.97. The first-order chi connectivity index (χ1) is 30.2. The molecule has 0 aromatic heterocycles. The number of alkyl carbamates (subject to hydrolysis) is 1. The number of benzene rings is 3. The third-order valence-electron chi connectivity index (χ3n) is 10.9. The third-order valence-corrected chi connectivity index (χ3v) is 10.9. The molecular formula is C47H62F3N3O11. The van der Waals surface area contributed by atoms with E-state index < -0.39 is 72.8 Å². The molecule has 0 aliphatic heterocycles. The molecule has 352 valence electrons. The number of alkyl halides is 3. The lowest BCUT2D eigenvalue weighted by Gasteiger charge is -2.39. The van der Waals surface area contributed by atoms with E-state index in [4.69, 9.17) is 33.5 Å². The second-order valence-electron chi connectivity index (χ2n) is 17.2. The number of methoxy groups -OCH3 is 4. The molecule has 4 rings (SSSR count). The number of carboxylic acid groups (broad SMARTS) is 1. The summed E-state index contributed by atoms with van der Waals surface area (Å²) in [6.07, 6.45) is -8.06. The Balaban J connectivity index is 1.66. The maximum atomic E-state index is 15.0. The molecule has 14 nitrogen and oxygen atoms in total. The van der Waals surface area contributed by atoms with Gasteiger partial charge in [-0.3, -0.25) is 14.4 Å². The Kier molecular flexibility index (Phi) is 18.3. The van der Waals surface area contributed by atoms with Crippen molar-refractivity contribution in [3.8, 4) is 28.4 Å². The molecule has 3 aromatic rings. The second kappa shape index (κ2) is 22.9. The second-order valence-corrected chi connectivity index (χ2v) is 17.2. The van der Waals surface area contributed by atoms with Crippen LogP contribution >= 0.6 is 0 Å². The van der Waals surface area contributed by atoms with Gasteiger partial charge in [-0.25, -0.2) is 4.79 Å². The molecule has 64 heavy (non-hydrogen) atoms. The molecule has 3 atom stereocenters. The Morgan fingerprint density at radius 1 is 0.828 bits per heavy atom. The number of amides is 3. The highest BCUT2D eigenvalue weighted by molar-refractivity contribution is 5.92. The maximum absolute atomic E-state index is 15.0. The molecule has 3 N–H and O–H groups in total. The molecule has 1 unspecified atom stereocenters. The monoisotopic (exact) mass is 901 g/mol. The number of aliphatic carboxylic acids is 1. The summed E-state index contributed by atoms with van der Waals surface area (Å²) in [5.74, 6) is -2.60. The summed E-state index contributed by atoms with van der Waals surface area (Å²) in [6, 6.07) is 14.2. The lowest BCUT2D eigenvalue weighted by molar-refractivity contribution is -0.201. The van der Waals surface area contributed by atoms with Crippen LogP contribution in [0.1, 0.15) is 89.3 Å². The highest BCUT2D eigenvalue weighted by atomic mass is 19.4. The van der Waals surface area contributed by atoms with Gasteiger partial charge in [0.05, 0.1) is 45.4 Å². The Hall–Kier alpha value is -5.55. The van der Waals surface area contributed by atoms with Crippen LogP contribution in [0.3, 0.4) is 0 Å². The number of rotatable bonds is 23. The molecule has 1 aliphatic rings. The zero-order valence-electron chi connectivity index (χ0n) is 38.0. The number of carbonyl (C=O) groups excluding carboxylic acids is 3. The molecule has 0 saturated heterocycles. The van der Waals surface area contributed by atoms with E-state index in [1.54, 1.807) is 34.6 Å². The average Bonchev–Trinajstić information content (AvgIpc) is 3.55. The van der Waals surface area contributed by atoms with Gasteiger partial charge in [0.15, 0.2) is 6.29 Å². The quantitative estimate of drug-likeness (QED) is 0.0621. The minimum Gasteiger partial charge on any atom is -0.496 e. The number of nitrogens with zero attached hydrogens (tertiary/aromatic N) is 1. The van der Waals surface area contributed by atoms with Crippen molar-refractivity contribution in [2.45, 2.75) is 110 Å². The molecule has 3 amide bonds. The average molecular weight is 902 g/mol. The fourth-order valence-corrected chi connectivity index (χ4v) is 7.88. The number of hydrogen-bond acceptors (Lipinski definition) is 10. The van der Waals surface area contributed by atoms with Crippen LogP contribution in [0, 0.1) is 11.3 Å². The van der Waals surface area contributed by atoms with Gasteiger partial charge in [-0.15, -0.1) is 0 Å². The van der Waals surface area contributed by atoms with Gasteiger partial charge < -0.3 is 49.1 Å². The van der Waals surface area contributed by atoms with E-state index in [0.29, 0.717) is 12.8 Å². The number of fused-ring (bicyclic) bond motifs is 3. The number of ether oxygens (including phenoxy) is 6. The van der Waals surface area contributed by atoms with Gasteiger partial charge in [-0.1, -0.05) is 83.1 Å². The van der Waals surface area contributed by atoms with Gasteiger partial charge in [0.1, 0.15) is 35.9 Å². The number of carbonyl (C=O) groups is 4. The predicted octanol–water partition coefficient (Wildman–Crippen LogP) is 8.09.